The van der Waals surface area contributed by atoms with E-state index < -0.39 is 0 Å². The maximum Gasteiger partial charge on any atom is 0.123 e. The summed E-state index contributed by atoms with van der Waals surface area (Å²) in [5.41, 5.74) is 1.03. The molecule has 0 aliphatic heterocycles. The summed E-state index contributed by atoms with van der Waals surface area (Å²) in [6, 6.07) is 5.67. The van der Waals surface area contributed by atoms with Crippen LogP contribution in [0.1, 0.15) is 37.1 Å². The lowest BCUT2D eigenvalue weighted by atomic mass is 9.90. The molecule has 3 unspecified atom stereocenters. The predicted molar refractivity (Wildman–Crippen MR) is 73.1 cm³/mol. The Kier molecular flexibility index (Phi) is 4.22. The van der Waals surface area contributed by atoms with Crippen LogP contribution in [-0.2, 0) is 0 Å². The van der Waals surface area contributed by atoms with Gasteiger partial charge in [-0.3, -0.25) is 0 Å². The molecule has 3 atom stereocenters. The number of benzene rings is 1. The number of halogens is 2. The van der Waals surface area contributed by atoms with Crippen LogP contribution >= 0.6 is 23.2 Å². The molecule has 1 aromatic rings. The lowest BCUT2D eigenvalue weighted by Gasteiger charge is -2.23. The highest BCUT2D eigenvalue weighted by Crippen LogP contribution is 2.46. The average Bonchev–Trinajstić information content (AvgIpc) is 2.74. The first kappa shape index (κ1) is 13.0. The van der Waals surface area contributed by atoms with Crippen LogP contribution in [0.4, 0.5) is 0 Å². The van der Waals surface area contributed by atoms with Gasteiger partial charge in [0.15, 0.2) is 0 Å². The summed E-state index contributed by atoms with van der Waals surface area (Å²) in [5, 5.41) is 0.721. The molecule has 1 fully saturated rings. The largest absolute Gasteiger partial charge is 0.496 e. The zero-order valence-corrected chi connectivity index (χ0v) is 11.8. The Morgan fingerprint density at radius 1 is 1.35 bits per heavy atom. The van der Waals surface area contributed by atoms with Crippen LogP contribution in [0.5, 0.6) is 5.75 Å². The third-order valence-corrected chi connectivity index (χ3v) is 4.59. The molecule has 94 valence electrons. The Hall–Kier alpha value is -0.400. The molecule has 1 nitrogen and oxygen atoms in total. The molecule has 17 heavy (non-hydrogen) atoms. The van der Waals surface area contributed by atoms with E-state index in [-0.39, 0.29) is 5.38 Å². The molecule has 0 spiro atoms. The number of hydrogen-bond acceptors (Lipinski definition) is 1. The molecule has 0 amide bonds. The topological polar surface area (TPSA) is 9.23 Å². The van der Waals surface area contributed by atoms with Gasteiger partial charge < -0.3 is 4.74 Å². The maximum absolute atomic E-state index is 6.62. The minimum atomic E-state index is 0.00106. The first-order chi connectivity index (χ1) is 8.13. The molecule has 0 N–H and O–H groups in total. The van der Waals surface area contributed by atoms with E-state index in [2.05, 4.69) is 6.92 Å². The van der Waals surface area contributed by atoms with Crippen molar-refractivity contribution in [2.75, 3.05) is 7.11 Å². The fraction of sp³-hybridized carbons (Fsp3) is 0.571. The second-order valence-corrected chi connectivity index (χ2v) is 5.77. The highest BCUT2D eigenvalue weighted by atomic mass is 35.5. The van der Waals surface area contributed by atoms with Gasteiger partial charge in [-0.1, -0.05) is 31.4 Å². The molecule has 2 rings (SSSR count). The monoisotopic (exact) mass is 272 g/mol. The van der Waals surface area contributed by atoms with Crippen LogP contribution < -0.4 is 4.74 Å². The summed E-state index contributed by atoms with van der Waals surface area (Å²) in [7, 11) is 1.68. The van der Waals surface area contributed by atoms with Crippen LogP contribution in [0.2, 0.25) is 5.02 Å². The molecule has 1 saturated carbocycles. The molecule has 1 aliphatic carbocycles. The van der Waals surface area contributed by atoms with E-state index >= 15 is 0 Å². The van der Waals surface area contributed by atoms with E-state index in [1.807, 2.05) is 18.2 Å². The van der Waals surface area contributed by atoms with Crippen molar-refractivity contribution < 1.29 is 4.74 Å². The van der Waals surface area contributed by atoms with Crippen LogP contribution in [0.15, 0.2) is 18.2 Å². The summed E-state index contributed by atoms with van der Waals surface area (Å²) in [5.74, 6) is 2.05. The van der Waals surface area contributed by atoms with E-state index in [1.165, 1.54) is 19.3 Å². The summed E-state index contributed by atoms with van der Waals surface area (Å²) in [6.07, 6.45) is 3.75. The molecule has 1 aromatic carbocycles. The van der Waals surface area contributed by atoms with Gasteiger partial charge in [0.2, 0.25) is 0 Å². The van der Waals surface area contributed by atoms with Gasteiger partial charge in [0.1, 0.15) is 5.75 Å². The Morgan fingerprint density at radius 3 is 2.71 bits per heavy atom. The van der Waals surface area contributed by atoms with Crippen molar-refractivity contribution in [1.29, 1.82) is 0 Å². The van der Waals surface area contributed by atoms with Crippen LogP contribution in [0.25, 0.3) is 0 Å². The molecule has 3 heteroatoms. The van der Waals surface area contributed by atoms with Gasteiger partial charge >= 0.3 is 0 Å². The Morgan fingerprint density at radius 2 is 2.12 bits per heavy atom. The number of ether oxygens (including phenoxy) is 1. The molecule has 1 aliphatic rings. The van der Waals surface area contributed by atoms with Gasteiger partial charge in [-0.25, -0.2) is 0 Å². The van der Waals surface area contributed by atoms with E-state index in [1.54, 1.807) is 7.11 Å². The van der Waals surface area contributed by atoms with Crippen molar-refractivity contribution in [3.8, 4) is 5.75 Å². The van der Waals surface area contributed by atoms with E-state index in [0.717, 1.165) is 16.3 Å². The quantitative estimate of drug-likeness (QED) is 0.699. The average molecular weight is 273 g/mol. The van der Waals surface area contributed by atoms with Crippen molar-refractivity contribution in [2.45, 2.75) is 31.6 Å². The zero-order valence-electron chi connectivity index (χ0n) is 10.2. The normalized spacial score (nSPS) is 25.9. The van der Waals surface area contributed by atoms with Crippen molar-refractivity contribution >= 4 is 23.2 Å². The second-order valence-electron chi connectivity index (χ2n) is 4.86. The van der Waals surface area contributed by atoms with Crippen LogP contribution in [-0.4, -0.2) is 7.11 Å². The summed E-state index contributed by atoms with van der Waals surface area (Å²) < 4.78 is 5.37. The Labute approximate surface area is 113 Å². The van der Waals surface area contributed by atoms with Crippen LogP contribution in [0.3, 0.4) is 0 Å². The standard InChI is InChI=1S/C14H18Cl2O/c1-9-4-3-5-11(9)14(16)12-8-10(15)6-7-13(12)17-2/h6-9,11,14H,3-5H2,1-2H3. The predicted octanol–water partition coefficient (Wildman–Crippen LogP) is 5.06. The highest BCUT2D eigenvalue weighted by Gasteiger charge is 2.32. The number of rotatable bonds is 3. The molecule has 0 radical (unpaired) electrons. The molecule has 0 saturated heterocycles. The van der Waals surface area contributed by atoms with Crippen LogP contribution in [0, 0.1) is 11.8 Å². The summed E-state index contributed by atoms with van der Waals surface area (Å²) in [6.45, 7) is 2.28. The fourth-order valence-corrected chi connectivity index (χ4v) is 3.49. The fourth-order valence-electron chi connectivity index (χ4n) is 2.76. The van der Waals surface area contributed by atoms with Crippen molar-refractivity contribution in [1.82, 2.24) is 0 Å². The summed E-state index contributed by atoms with van der Waals surface area (Å²) >= 11 is 12.7. The first-order valence-electron chi connectivity index (χ1n) is 6.11. The molecule has 0 aromatic heterocycles. The van der Waals surface area contributed by atoms with Crippen molar-refractivity contribution in [3.63, 3.8) is 0 Å². The number of alkyl halides is 1. The minimum absolute atomic E-state index is 0.00106. The molecule has 0 bridgehead atoms. The smallest absolute Gasteiger partial charge is 0.123 e. The van der Waals surface area contributed by atoms with Gasteiger partial charge in [-0.2, -0.15) is 0 Å². The Bertz CT molecular complexity index is 392. The van der Waals surface area contributed by atoms with Gasteiger partial charge in [0.05, 0.1) is 12.5 Å². The zero-order chi connectivity index (χ0) is 12.4. The van der Waals surface area contributed by atoms with Gasteiger partial charge in [-0.15, -0.1) is 11.6 Å². The third-order valence-electron chi connectivity index (χ3n) is 3.79. The first-order valence-corrected chi connectivity index (χ1v) is 6.92. The SMILES string of the molecule is COc1ccc(Cl)cc1C(Cl)C1CCCC1C. The van der Waals surface area contributed by atoms with E-state index in [0.29, 0.717) is 11.8 Å². The van der Waals surface area contributed by atoms with E-state index in [9.17, 15) is 0 Å². The third kappa shape index (κ3) is 2.71. The number of hydrogen-bond donors (Lipinski definition) is 0. The molecular formula is C14H18Cl2O. The lowest BCUT2D eigenvalue weighted by Crippen LogP contribution is -2.11. The van der Waals surface area contributed by atoms with Crippen molar-refractivity contribution in [3.05, 3.63) is 28.8 Å². The van der Waals surface area contributed by atoms with Crippen molar-refractivity contribution in [2.24, 2.45) is 11.8 Å². The highest BCUT2D eigenvalue weighted by molar-refractivity contribution is 6.31. The maximum atomic E-state index is 6.62. The second kappa shape index (κ2) is 5.49. The van der Waals surface area contributed by atoms with Gasteiger partial charge in [-0.05, 0) is 36.5 Å². The van der Waals surface area contributed by atoms with Gasteiger partial charge in [0, 0.05) is 10.6 Å². The van der Waals surface area contributed by atoms with Gasteiger partial charge in [0.25, 0.3) is 0 Å². The summed E-state index contributed by atoms with van der Waals surface area (Å²) in [4.78, 5) is 0. The molecular weight excluding hydrogens is 255 g/mol. The Balaban J connectivity index is 2.28. The van der Waals surface area contributed by atoms with E-state index in [4.69, 9.17) is 27.9 Å². The number of methoxy groups -OCH3 is 1. The minimum Gasteiger partial charge on any atom is -0.496 e. The molecule has 0 heterocycles. The lowest BCUT2D eigenvalue weighted by molar-refractivity contribution is 0.379.